The molecule has 1 fully saturated rings. The van der Waals surface area contributed by atoms with Crippen molar-refractivity contribution in [2.24, 2.45) is 5.73 Å². The molecule has 1 aliphatic carbocycles. The lowest BCUT2D eigenvalue weighted by Gasteiger charge is -2.04. The van der Waals surface area contributed by atoms with E-state index in [0.717, 1.165) is 36.1 Å². The Bertz CT molecular complexity index is 609. The summed E-state index contributed by atoms with van der Waals surface area (Å²) in [6, 6.07) is 6.14. The van der Waals surface area contributed by atoms with Crippen LogP contribution in [0.15, 0.2) is 22.7 Å². The number of hydrogen-bond acceptors (Lipinski definition) is 5. The summed E-state index contributed by atoms with van der Waals surface area (Å²) in [6.45, 7) is 2.00. The van der Waals surface area contributed by atoms with Crippen molar-refractivity contribution in [3.63, 3.8) is 0 Å². The van der Waals surface area contributed by atoms with E-state index in [2.05, 4.69) is 10.1 Å². The largest absolute Gasteiger partial charge is 0.496 e. The molecular formula is C15H19N3O2. The molecule has 0 aliphatic heterocycles. The number of aromatic nitrogens is 2. The lowest BCUT2D eigenvalue weighted by Crippen LogP contribution is -2.14. The highest BCUT2D eigenvalue weighted by molar-refractivity contribution is 5.58. The van der Waals surface area contributed by atoms with Gasteiger partial charge in [-0.25, -0.2) is 0 Å². The van der Waals surface area contributed by atoms with E-state index in [1.807, 2.05) is 25.1 Å². The Hall–Kier alpha value is -1.88. The van der Waals surface area contributed by atoms with Gasteiger partial charge >= 0.3 is 0 Å². The summed E-state index contributed by atoms with van der Waals surface area (Å²) in [5.74, 6) is 2.51. The van der Waals surface area contributed by atoms with Crippen molar-refractivity contribution in [1.82, 2.24) is 10.1 Å². The quantitative estimate of drug-likeness (QED) is 0.930. The minimum Gasteiger partial charge on any atom is -0.496 e. The topological polar surface area (TPSA) is 74.2 Å². The lowest BCUT2D eigenvalue weighted by molar-refractivity contribution is 0.353. The highest BCUT2D eigenvalue weighted by Crippen LogP contribution is 2.33. The summed E-state index contributed by atoms with van der Waals surface area (Å²) in [4.78, 5) is 4.52. The number of nitrogens with two attached hydrogens (primary N) is 1. The Kier molecular flexibility index (Phi) is 3.44. The van der Waals surface area contributed by atoms with E-state index < -0.39 is 0 Å². The van der Waals surface area contributed by atoms with Crippen LogP contribution < -0.4 is 10.5 Å². The van der Waals surface area contributed by atoms with E-state index in [-0.39, 0.29) is 6.04 Å². The fraction of sp³-hybridized carbons (Fsp3) is 0.467. The fourth-order valence-electron chi connectivity index (χ4n) is 2.78. The summed E-state index contributed by atoms with van der Waals surface area (Å²) in [5, 5.41) is 4.08. The molecule has 0 spiro atoms. The van der Waals surface area contributed by atoms with Gasteiger partial charge in [0.05, 0.1) is 7.11 Å². The smallest absolute Gasteiger partial charge is 0.230 e. The molecule has 1 heterocycles. The molecule has 2 unspecified atom stereocenters. The van der Waals surface area contributed by atoms with Crippen LogP contribution in [0.25, 0.3) is 11.4 Å². The van der Waals surface area contributed by atoms with Crippen molar-refractivity contribution in [1.29, 1.82) is 0 Å². The Balaban J connectivity index is 1.84. The first kappa shape index (κ1) is 13.1. The second-order valence-corrected chi connectivity index (χ2v) is 5.41. The molecule has 2 aromatic rings. The van der Waals surface area contributed by atoms with Crippen molar-refractivity contribution in [3.05, 3.63) is 29.7 Å². The molecular weight excluding hydrogens is 254 g/mol. The van der Waals surface area contributed by atoms with Gasteiger partial charge in [-0.3, -0.25) is 0 Å². The number of rotatable bonds is 3. The summed E-state index contributed by atoms with van der Waals surface area (Å²) < 4.78 is 10.7. The molecule has 0 saturated heterocycles. The van der Waals surface area contributed by atoms with Crippen LogP contribution in [0.1, 0.15) is 36.6 Å². The van der Waals surface area contributed by atoms with Crippen LogP contribution >= 0.6 is 0 Å². The Labute approximate surface area is 118 Å². The second kappa shape index (κ2) is 5.25. The maximum Gasteiger partial charge on any atom is 0.230 e. The standard InChI is InChI=1S/C15H19N3O2/c1-9-7-10(4-6-13(9)19-2)14-17-15(20-18-14)11-3-5-12(16)8-11/h4,6-7,11-12H,3,5,8,16H2,1-2H3. The van der Waals surface area contributed by atoms with Gasteiger partial charge in [0.1, 0.15) is 5.75 Å². The molecule has 0 radical (unpaired) electrons. The molecule has 1 aromatic heterocycles. The maximum atomic E-state index is 5.93. The van der Waals surface area contributed by atoms with E-state index in [1.165, 1.54) is 0 Å². The predicted octanol–water partition coefficient (Wildman–Crippen LogP) is 2.65. The highest BCUT2D eigenvalue weighted by Gasteiger charge is 2.28. The van der Waals surface area contributed by atoms with Crippen molar-refractivity contribution in [2.75, 3.05) is 7.11 Å². The van der Waals surface area contributed by atoms with Crippen molar-refractivity contribution in [3.8, 4) is 17.1 Å². The van der Waals surface area contributed by atoms with Gasteiger partial charge in [-0.2, -0.15) is 4.98 Å². The van der Waals surface area contributed by atoms with Gasteiger partial charge in [-0.1, -0.05) is 5.16 Å². The molecule has 20 heavy (non-hydrogen) atoms. The van der Waals surface area contributed by atoms with Crippen LogP contribution in [0, 0.1) is 6.92 Å². The van der Waals surface area contributed by atoms with Crippen LogP contribution in [0.4, 0.5) is 0 Å². The minimum absolute atomic E-state index is 0.263. The molecule has 2 atom stereocenters. The monoisotopic (exact) mass is 273 g/mol. The third-order valence-electron chi connectivity index (χ3n) is 3.92. The second-order valence-electron chi connectivity index (χ2n) is 5.41. The Morgan fingerprint density at radius 2 is 2.20 bits per heavy atom. The van der Waals surface area contributed by atoms with Crippen molar-refractivity contribution < 1.29 is 9.26 Å². The van der Waals surface area contributed by atoms with Gasteiger partial charge in [-0.15, -0.1) is 0 Å². The number of methoxy groups -OCH3 is 1. The molecule has 1 aliphatic rings. The lowest BCUT2D eigenvalue weighted by atomic mass is 10.1. The third-order valence-corrected chi connectivity index (χ3v) is 3.92. The SMILES string of the molecule is COc1ccc(-c2noc(C3CCC(N)C3)n2)cc1C. The molecule has 0 amide bonds. The number of ether oxygens (including phenoxy) is 1. The van der Waals surface area contributed by atoms with Gasteiger partial charge in [0, 0.05) is 17.5 Å². The first-order valence-electron chi connectivity index (χ1n) is 6.91. The van der Waals surface area contributed by atoms with Crippen molar-refractivity contribution in [2.45, 2.75) is 38.1 Å². The van der Waals surface area contributed by atoms with Crippen LogP contribution in [-0.4, -0.2) is 23.3 Å². The zero-order chi connectivity index (χ0) is 14.1. The van der Waals surface area contributed by atoms with E-state index in [9.17, 15) is 0 Å². The molecule has 3 rings (SSSR count). The molecule has 1 saturated carbocycles. The first-order chi connectivity index (χ1) is 9.67. The van der Waals surface area contributed by atoms with Crippen LogP contribution in [0.2, 0.25) is 0 Å². The van der Waals surface area contributed by atoms with E-state index in [1.54, 1.807) is 7.11 Å². The van der Waals surface area contributed by atoms with E-state index in [0.29, 0.717) is 17.6 Å². The van der Waals surface area contributed by atoms with Gasteiger partial charge in [0.25, 0.3) is 0 Å². The zero-order valence-corrected chi connectivity index (χ0v) is 11.8. The average Bonchev–Trinajstić information content (AvgIpc) is 3.07. The fourth-order valence-corrected chi connectivity index (χ4v) is 2.78. The number of aryl methyl sites for hydroxylation is 1. The van der Waals surface area contributed by atoms with Crippen LogP contribution in [-0.2, 0) is 0 Å². The molecule has 0 bridgehead atoms. The predicted molar refractivity (Wildman–Crippen MR) is 75.6 cm³/mol. The third kappa shape index (κ3) is 2.41. The Morgan fingerprint density at radius 3 is 2.85 bits per heavy atom. The van der Waals surface area contributed by atoms with Crippen LogP contribution in [0.5, 0.6) is 5.75 Å². The number of hydrogen-bond donors (Lipinski definition) is 1. The maximum absolute atomic E-state index is 5.93. The number of nitrogens with zero attached hydrogens (tertiary/aromatic N) is 2. The normalized spacial score (nSPS) is 22.1. The molecule has 2 N–H and O–H groups in total. The molecule has 5 nitrogen and oxygen atoms in total. The summed E-state index contributed by atoms with van der Waals surface area (Å²) in [6.07, 6.45) is 3.00. The first-order valence-corrected chi connectivity index (χ1v) is 6.91. The van der Waals surface area contributed by atoms with Crippen LogP contribution in [0.3, 0.4) is 0 Å². The molecule has 5 heteroatoms. The summed E-state index contributed by atoms with van der Waals surface area (Å²) in [7, 11) is 1.66. The average molecular weight is 273 g/mol. The van der Waals surface area contributed by atoms with Crippen molar-refractivity contribution >= 4 is 0 Å². The van der Waals surface area contributed by atoms with Gasteiger partial charge in [0.2, 0.25) is 11.7 Å². The van der Waals surface area contributed by atoms with Gasteiger partial charge < -0.3 is 15.0 Å². The summed E-state index contributed by atoms with van der Waals surface area (Å²) >= 11 is 0. The van der Waals surface area contributed by atoms with E-state index >= 15 is 0 Å². The minimum atomic E-state index is 0.263. The Morgan fingerprint density at radius 1 is 1.35 bits per heavy atom. The van der Waals surface area contributed by atoms with Gasteiger partial charge in [0.15, 0.2) is 0 Å². The summed E-state index contributed by atoms with van der Waals surface area (Å²) in [5.41, 5.74) is 7.93. The number of benzene rings is 1. The molecule has 106 valence electrons. The molecule has 1 aromatic carbocycles. The zero-order valence-electron chi connectivity index (χ0n) is 11.8. The van der Waals surface area contributed by atoms with E-state index in [4.69, 9.17) is 15.0 Å². The highest BCUT2D eigenvalue weighted by atomic mass is 16.5. The van der Waals surface area contributed by atoms with Gasteiger partial charge in [-0.05, 0) is 49.9 Å².